The van der Waals surface area contributed by atoms with Gasteiger partial charge in [0.1, 0.15) is 11.3 Å². The summed E-state index contributed by atoms with van der Waals surface area (Å²) in [6, 6.07) is 5.04. The molecular formula is C15H21N3O3. The van der Waals surface area contributed by atoms with E-state index in [9.17, 15) is 14.9 Å². The van der Waals surface area contributed by atoms with Gasteiger partial charge >= 0.3 is 5.69 Å². The minimum atomic E-state index is -0.485. The molecule has 1 fully saturated rings. The van der Waals surface area contributed by atoms with Crippen LogP contribution in [0.25, 0.3) is 0 Å². The zero-order chi connectivity index (χ0) is 15.4. The molecule has 0 spiro atoms. The van der Waals surface area contributed by atoms with E-state index in [2.05, 4.69) is 5.32 Å². The summed E-state index contributed by atoms with van der Waals surface area (Å²) in [5, 5.41) is 14.1. The predicted octanol–water partition coefficient (Wildman–Crippen LogP) is 3.04. The van der Waals surface area contributed by atoms with Crippen molar-refractivity contribution in [3.05, 3.63) is 33.9 Å². The molecule has 0 atom stereocenters. The van der Waals surface area contributed by atoms with Gasteiger partial charge in [0.15, 0.2) is 0 Å². The van der Waals surface area contributed by atoms with Crippen molar-refractivity contribution in [2.24, 2.45) is 0 Å². The van der Waals surface area contributed by atoms with Gasteiger partial charge in [0.2, 0.25) is 0 Å². The number of anilines is 1. The Balaban J connectivity index is 2.39. The Bertz CT molecular complexity index is 539. The molecule has 0 aliphatic heterocycles. The average molecular weight is 291 g/mol. The van der Waals surface area contributed by atoms with Gasteiger partial charge in [0.05, 0.1) is 4.92 Å². The van der Waals surface area contributed by atoms with Crippen LogP contribution in [-0.4, -0.2) is 35.4 Å². The van der Waals surface area contributed by atoms with Gasteiger partial charge in [-0.1, -0.05) is 18.9 Å². The first kappa shape index (κ1) is 15.3. The highest BCUT2D eigenvalue weighted by molar-refractivity contribution is 6.00. The lowest BCUT2D eigenvalue weighted by Crippen LogP contribution is -2.38. The normalized spacial score (nSPS) is 15.0. The number of carbonyl (C=O) groups excluding carboxylic acids is 1. The maximum Gasteiger partial charge on any atom is 0.305 e. The fourth-order valence-corrected chi connectivity index (χ4v) is 3.05. The monoisotopic (exact) mass is 291 g/mol. The van der Waals surface area contributed by atoms with E-state index in [1.54, 1.807) is 30.1 Å². The highest BCUT2D eigenvalue weighted by Gasteiger charge is 2.31. The lowest BCUT2D eigenvalue weighted by molar-refractivity contribution is -0.384. The molecule has 1 amide bonds. The second-order valence-corrected chi connectivity index (χ2v) is 5.24. The Hall–Kier alpha value is -2.11. The number of nitrogens with zero attached hydrogens (tertiary/aromatic N) is 2. The Morgan fingerprint density at radius 2 is 2.10 bits per heavy atom. The molecule has 6 nitrogen and oxygen atoms in total. The molecule has 6 heteroatoms. The quantitative estimate of drug-likeness (QED) is 0.668. The topological polar surface area (TPSA) is 75.5 Å². The number of amides is 1. The van der Waals surface area contributed by atoms with Crippen molar-refractivity contribution in [2.75, 3.05) is 18.9 Å². The van der Waals surface area contributed by atoms with Crippen molar-refractivity contribution in [2.45, 2.75) is 38.6 Å². The van der Waals surface area contributed by atoms with Gasteiger partial charge in [0.25, 0.3) is 5.91 Å². The zero-order valence-corrected chi connectivity index (χ0v) is 12.5. The highest BCUT2D eigenvalue weighted by Crippen LogP contribution is 2.31. The molecule has 1 saturated carbocycles. The van der Waals surface area contributed by atoms with E-state index >= 15 is 0 Å². The highest BCUT2D eigenvalue weighted by atomic mass is 16.6. The van der Waals surface area contributed by atoms with Gasteiger partial charge in [-0.3, -0.25) is 14.9 Å². The summed E-state index contributed by atoms with van der Waals surface area (Å²) in [7, 11) is 1.62. The summed E-state index contributed by atoms with van der Waals surface area (Å²) in [6.07, 6.45) is 4.21. The molecule has 1 aromatic rings. The SMILES string of the molecule is CCN(C(=O)c1cccc(NC)c1[N+](=O)[O-])C1CCCC1. The number of rotatable bonds is 5. The number of nitro benzene ring substituents is 1. The minimum absolute atomic E-state index is 0.138. The predicted molar refractivity (Wildman–Crippen MR) is 81.6 cm³/mol. The molecule has 0 bridgehead atoms. The van der Waals surface area contributed by atoms with Crippen molar-refractivity contribution in [1.29, 1.82) is 0 Å². The molecule has 1 N–H and O–H groups in total. The molecule has 2 rings (SSSR count). The lowest BCUT2D eigenvalue weighted by atomic mass is 10.1. The van der Waals surface area contributed by atoms with Crippen LogP contribution in [0.3, 0.4) is 0 Å². The number of hydrogen-bond acceptors (Lipinski definition) is 4. The maximum absolute atomic E-state index is 12.8. The van der Waals surface area contributed by atoms with Crippen molar-refractivity contribution < 1.29 is 9.72 Å². The van der Waals surface area contributed by atoms with Gasteiger partial charge in [-0.2, -0.15) is 0 Å². The van der Waals surface area contributed by atoms with E-state index < -0.39 is 4.92 Å². The lowest BCUT2D eigenvalue weighted by Gasteiger charge is -2.27. The number of carbonyl (C=O) groups is 1. The van der Waals surface area contributed by atoms with E-state index in [-0.39, 0.29) is 23.2 Å². The molecule has 0 unspecified atom stereocenters. The van der Waals surface area contributed by atoms with Crippen molar-refractivity contribution in [3.63, 3.8) is 0 Å². The number of hydrogen-bond donors (Lipinski definition) is 1. The third-order valence-corrected chi connectivity index (χ3v) is 4.09. The molecule has 0 saturated heterocycles. The van der Waals surface area contributed by atoms with Crippen LogP contribution in [0.5, 0.6) is 0 Å². The smallest absolute Gasteiger partial charge is 0.305 e. The second kappa shape index (κ2) is 6.56. The Labute approximate surface area is 124 Å². The molecular weight excluding hydrogens is 270 g/mol. The molecule has 1 aromatic carbocycles. The first-order chi connectivity index (χ1) is 10.1. The van der Waals surface area contributed by atoms with Gasteiger partial charge in [-0.15, -0.1) is 0 Å². The van der Waals surface area contributed by atoms with Crippen LogP contribution in [0.4, 0.5) is 11.4 Å². The Morgan fingerprint density at radius 3 is 2.62 bits per heavy atom. The Morgan fingerprint density at radius 1 is 1.43 bits per heavy atom. The van der Waals surface area contributed by atoms with Crippen molar-refractivity contribution >= 4 is 17.3 Å². The van der Waals surface area contributed by atoms with Crippen LogP contribution >= 0.6 is 0 Å². The average Bonchev–Trinajstić information content (AvgIpc) is 3.00. The summed E-state index contributed by atoms with van der Waals surface area (Å²) in [5.74, 6) is -0.242. The fraction of sp³-hybridized carbons (Fsp3) is 0.533. The van der Waals surface area contributed by atoms with Crippen LogP contribution < -0.4 is 5.32 Å². The molecule has 0 radical (unpaired) electrons. The summed E-state index contributed by atoms with van der Waals surface area (Å²) < 4.78 is 0. The Kier molecular flexibility index (Phi) is 4.77. The van der Waals surface area contributed by atoms with Crippen LogP contribution in [-0.2, 0) is 0 Å². The fourth-order valence-electron chi connectivity index (χ4n) is 3.05. The standard InChI is InChI=1S/C15H21N3O3/c1-3-17(11-7-4-5-8-11)15(19)12-9-6-10-13(16-2)14(12)18(20)21/h6,9-11,16H,3-5,7-8H2,1-2H3. The maximum atomic E-state index is 12.8. The van der Waals surface area contributed by atoms with E-state index in [0.29, 0.717) is 12.2 Å². The van der Waals surface area contributed by atoms with E-state index in [0.717, 1.165) is 25.7 Å². The molecule has 114 valence electrons. The summed E-state index contributed by atoms with van der Waals surface area (Å²) >= 11 is 0. The number of nitro groups is 1. The molecule has 1 aliphatic rings. The molecule has 0 heterocycles. The summed E-state index contributed by atoms with van der Waals surface area (Å²) in [4.78, 5) is 25.4. The van der Waals surface area contributed by atoms with E-state index in [1.807, 2.05) is 6.92 Å². The van der Waals surface area contributed by atoms with Gasteiger partial charge < -0.3 is 10.2 Å². The van der Waals surface area contributed by atoms with Gasteiger partial charge in [0, 0.05) is 19.6 Å². The largest absolute Gasteiger partial charge is 0.383 e. The van der Waals surface area contributed by atoms with Crippen LogP contribution in [0, 0.1) is 10.1 Å². The molecule has 1 aliphatic carbocycles. The number of nitrogens with one attached hydrogen (secondary N) is 1. The zero-order valence-electron chi connectivity index (χ0n) is 12.5. The van der Waals surface area contributed by atoms with E-state index in [1.165, 1.54) is 0 Å². The number of para-hydroxylation sites is 1. The minimum Gasteiger partial charge on any atom is -0.383 e. The van der Waals surface area contributed by atoms with Gasteiger partial charge in [-0.05, 0) is 31.9 Å². The molecule has 0 aromatic heterocycles. The van der Waals surface area contributed by atoms with Crippen LogP contribution in [0.15, 0.2) is 18.2 Å². The molecule has 21 heavy (non-hydrogen) atoms. The van der Waals surface area contributed by atoms with Crippen molar-refractivity contribution in [1.82, 2.24) is 4.90 Å². The van der Waals surface area contributed by atoms with Gasteiger partial charge in [-0.25, -0.2) is 0 Å². The van der Waals surface area contributed by atoms with Crippen molar-refractivity contribution in [3.8, 4) is 0 Å². The van der Waals surface area contributed by atoms with Crippen LogP contribution in [0.2, 0.25) is 0 Å². The first-order valence-electron chi connectivity index (χ1n) is 7.36. The van der Waals surface area contributed by atoms with Crippen LogP contribution in [0.1, 0.15) is 43.0 Å². The third kappa shape index (κ3) is 2.99. The second-order valence-electron chi connectivity index (χ2n) is 5.24. The first-order valence-corrected chi connectivity index (χ1v) is 7.36. The third-order valence-electron chi connectivity index (χ3n) is 4.09. The number of benzene rings is 1. The van der Waals surface area contributed by atoms with E-state index in [4.69, 9.17) is 0 Å². The summed E-state index contributed by atoms with van der Waals surface area (Å²) in [5.41, 5.74) is 0.398. The summed E-state index contributed by atoms with van der Waals surface area (Å²) in [6.45, 7) is 2.49.